The molecule has 1 aliphatic heterocycles. The molecule has 0 aliphatic carbocycles. The third kappa shape index (κ3) is 7.52. The van der Waals surface area contributed by atoms with Gasteiger partial charge in [0.05, 0.1) is 13.7 Å². The van der Waals surface area contributed by atoms with Gasteiger partial charge in [-0.2, -0.15) is 0 Å². The third-order valence-electron chi connectivity index (χ3n) is 5.74. The Kier molecular flexibility index (Phi) is 9.74. The molecule has 1 aromatic rings. The quantitative estimate of drug-likeness (QED) is 0.490. The molecule has 0 radical (unpaired) electrons. The third-order valence-corrected chi connectivity index (χ3v) is 5.74. The SMILES string of the molecule is CCNC(=NCC(C(C)C)N1CCN(C)CC1)NCCc1ccc(C)c(OC)c1. The number of nitrogens with one attached hydrogen (secondary N) is 2. The summed E-state index contributed by atoms with van der Waals surface area (Å²) in [6.45, 7) is 15.9. The van der Waals surface area contributed by atoms with Crippen molar-refractivity contribution in [1.29, 1.82) is 0 Å². The van der Waals surface area contributed by atoms with Gasteiger partial charge >= 0.3 is 0 Å². The molecule has 29 heavy (non-hydrogen) atoms. The maximum atomic E-state index is 5.44. The maximum Gasteiger partial charge on any atom is 0.191 e. The summed E-state index contributed by atoms with van der Waals surface area (Å²) >= 11 is 0. The van der Waals surface area contributed by atoms with E-state index in [4.69, 9.17) is 9.73 Å². The van der Waals surface area contributed by atoms with Gasteiger partial charge in [-0.15, -0.1) is 0 Å². The van der Waals surface area contributed by atoms with Crippen molar-refractivity contribution in [3.05, 3.63) is 29.3 Å². The molecule has 0 saturated carbocycles. The Bertz CT molecular complexity index is 638. The number of hydrogen-bond donors (Lipinski definition) is 2. The van der Waals surface area contributed by atoms with Gasteiger partial charge in [-0.05, 0) is 50.4 Å². The first kappa shape index (κ1) is 23.5. The summed E-state index contributed by atoms with van der Waals surface area (Å²) in [6, 6.07) is 6.91. The smallest absolute Gasteiger partial charge is 0.191 e. The molecule has 0 amide bonds. The van der Waals surface area contributed by atoms with E-state index in [0.717, 1.165) is 63.9 Å². The molecule has 164 valence electrons. The Morgan fingerprint density at radius 1 is 1.17 bits per heavy atom. The predicted molar refractivity (Wildman–Crippen MR) is 123 cm³/mol. The molecule has 6 nitrogen and oxygen atoms in total. The van der Waals surface area contributed by atoms with E-state index in [1.54, 1.807) is 7.11 Å². The van der Waals surface area contributed by atoms with Gasteiger partial charge in [0.1, 0.15) is 5.75 Å². The van der Waals surface area contributed by atoms with E-state index in [9.17, 15) is 0 Å². The molecule has 1 unspecified atom stereocenters. The zero-order valence-corrected chi connectivity index (χ0v) is 19.3. The predicted octanol–water partition coefficient (Wildman–Crippen LogP) is 2.37. The standard InChI is InChI=1S/C23H41N5O/c1-7-24-23(25-11-10-20-9-8-19(4)22(16-20)29-6)26-17-21(18(2)3)28-14-12-27(5)13-15-28/h8-9,16,18,21H,7,10-15,17H2,1-6H3,(H2,24,25,26). The van der Waals surface area contributed by atoms with Crippen molar-refractivity contribution in [2.75, 3.05) is 60.0 Å². The van der Waals surface area contributed by atoms with Crippen LogP contribution in [0.5, 0.6) is 5.75 Å². The topological polar surface area (TPSA) is 52.1 Å². The lowest BCUT2D eigenvalue weighted by Crippen LogP contribution is -2.52. The van der Waals surface area contributed by atoms with Crippen LogP contribution in [-0.4, -0.2) is 81.8 Å². The molecular weight excluding hydrogens is 362 g/mol. The molecule has 0 aromatic heterocycles. The summed E-state index contributed by atoms with van der Waals surface area (Å²) in [6.07, 6.45) is 0.938. The van der Waals surface area contributed by atoms with Gasteiger partial charge in [-0.3, -0.25) is 9.89 Å². The van der Waals surface area contributed by atoms with Crippen molar-refractivity contribution in [3.63, 3.8) is 0 Å². The maximum absolute atomic E-state index is 5.44. The fourth-order valence-corrected chi connectivity index (χ4v) is 3.77. The number of ether oxygens (including phenoxy) is 1. The molecule has 0 bridgehead atoms. The second kappa shape index (κ2) is 12.0. The average molecular weight is 404 g/mol. The van der Waals surface area contributed by atoms with Gasteiger partial charge in [0.15, 0.2) is 5.96 Å². The van der Waals surface area contributed by atoms with Crippen LogP contribution in [0.25, 0.3) is 0 Å². The van der Waals surface area contributed by atoms with Crippen LogP contribution < -0.4 is 15.4 Å². The zero-order chi connectivity index (χ0) is 21.2. The minimum absolute atomic E-state index is 0.487. The van der Waals surface area contributed by atoms with Crippen LogP contribution in [0.4, 0.5) is 0 Å². The highest BCUT2D eigenvalue weighted by Crippen LogP contribution is 2.19. The highest BCUT2D eigenvalue weighted by molar-refractivity contribution is 5.79. The van der Waals surface area contributed by atoms with Crippen molar-refractivity contribution in [2.24, 2.45) is 10.9 Å². The number of rotatable bonds is 9. The number of methoxy groups -OCH3 is 1. The summed E-state index contributed by atoms with van der Waals surface area (Å²) in [7, 11) is 3.93. The highest BCUT2D eigenvalue weighted by atomic mass is 16.5. The summed E-state index contributed by atoms with van der Waals surface area (Å²) in [5, 5.41) is 6.89. The first-order valence-electron chi connectivity index (χ1n) is 11.0. The van der Waals surface area contributed by atoms with E-state index in [0.29, 0.717) is 12.0 Å². The van der Waals surface area contributed by atoms with Crippen molar-refractivity contribution in [1.82, 2.24) is 20.4 Å². The molecule has 1 saturated heterocycles. The Morgan fingerprint density at radius 3 is 2.52 bits per heavy atom. The normalized spacial score (nSPS) is 17.4. The van der Waals surface area contributed by atoms with E-state index >= 15 is 0 Å². The molecule has 0 spiro atoms. The largest absolute Gasteiger partial charge is 0.496 e. The van der Waals surface area contributed by atoms with E-state index in [1.165, 1.54) is 11.1 Å². The lowest BCUT2D eigenvalue weighted by molar-refractivity contribution is 0.0925. The second-order valence-electron chi connectivity index (χ2n) is 8.35. The van der Waals surface area contributed by atoms with Crippen LogP contribution in [0.15, 0.2) is 23.2 Å². The van der Waals surface area contributed by atoms with Gasteiger partial charge in [0.2, 0.25) is 0 Å². The van der Waals surface area contributed by atoms with E-state index in [-0.39, 0.29) is 0 Å². The second-order valence-corrected chi connectivity index (χ2v) is 8.35. The average Bonchev–Trinajstić information content (AvgIpc) is 2.70. The van der Waals surface area contributed by atoms with Gasteiger partial charge in [-0.25, -0.2) is 0 Å². The van der Waals surface area contributed by atoms with Gasteiger partial charge in [-0.1, -0.05) is 26.0 Å². The molecule has 2 N–H and O–H groups in total. The Balaban J connectivity index is 1.92. The van der Waals surface area contributed by atoms with E-state index < -0.39 is 0 Å². The Hall–Kier alpha value is -1.79. The highest BCUT2D eigenvalue weighted by Gasteiger charge is 2.24. The van der Waals surface area contributed by atoms with E-state index in [2.05, 4.69) is 73.4 Å². The van der Waals surface area contributed by atoms with Gasteiger partial charge < -0.3 is 20.3 Å². The van der Waals surface area contributed by atoms with Crippen LogP contribution in [0.3, 0.4) is 0 Å². The summed E-state index contributed by atoms with van der Waals surface area (Å²) in [5.74, 6) is 2.45. The first-order valence-corrected chi connectivity index (χ1v) is 11.0. The van der Waals surface area contributed by atoms with Crippen molar-refractivity contribution >= 4 is 5.96 Å². The molecule has 1 heterocycles. The summed E-state index contributed by atoms with van der Waals surface area (Å²) < 4.78 is 5.44. The van der Waals surface area contributed by atoms with Crippen molar-refractivity contribution < 1.29 is 4.74 Å². The minimum atomic E-state index is 0.487. The summed E-state index contributed by atoms with van der Waals surface area (Å²) in [4.78, 5) is 9.94. The van der Waals surface area contributed by atoms with E-state index in [1.807, 2.05) is 0 Å². The molecule has 1 fully saturated rings. The molecule has 2 rings (SSSR count). The number of benzene rings is 1. The first-order chi connectivity index (χ1) is 13.9. The van der Waals surface area contributed by atoms with Crippen molar-refractivity contribution in [3.8, 4) is 5.75 Å². The number of nitrogens with zero attached hydrogens (tertiary/aromatic N) is 3. The number of guanidine groups is 1. The van der Waals surface area contributed by atoms with Crippen molar-refractivity contribution in [2.45, 2.75) is 40.2 Å². The lowest BCUT2D eigenvalue weighted by Gasteiger charge is -2.39. The summed E-state index contributed by atoms with van der Waals surface area (Å²) in [5.41, 5.74) is 2.44. The minimum Gasteiger partial charge on any atom is -0.496 e. The number of likely N-dealkylation sites (N-methyl/N-ethyl adjacent to an activating group) is 1. The molecule has 1 aliphatic rings. The van der Waals surface area contributed by atoms with Crippen LogP contribution in [0.1, 0.15) is 31.9 Å². The fraction of sp³-hybridized carbons (Fsp3) is 0.696. The number of hydrogen-bond acceptors (Lipinski definition) is 4. The van der Waals surface area contributed by atoms with Crippen LogP contribution >= 0.6 is 0 Å². The fourth-order valence-electron chi connectivity index (χ4n) is 3.77. The zero-order valence-electron chi connectivity index (χ0n) is 19.3. The monoisotopic (exact) mass is 403 g/mol. The number of aliphatic imine (C=N–C) groups is 1. The Labute approximate surface area is 177 Å². The molecular formula is C23H41N5O. The molecule has 1 aromatic carbocycles. The lowest BCUT2D eigenvalue weighted by atomic mass is 10.0. The number of piperazine rings is 1. The van der Waals surface area contributed by atoms with Crippen LogP contribution in [-0.2, 0) is 6.42 Å². The molecule has 6 heteroatoms. The number of aryl methyl sites for hydroxylation is 1. The molecule has 1 atom stereocenters. The van der Waals surface area contributed by atoms with Gasteiger partial charge in [0, 0.05) is 45.3 Å². The van der Waals surface area contributed by atoms with Crippen LogP contribution in [0, 0.1) is 12.8 Å². The Morgan fingerprint density at radius 2 is 1.90 bits per heavy atom. The van der Waals surface area contributed by atoms with Gasteiger partial charge in [0.25, 0.3) is 0 Å². The van der Waals surface area contributed by atoms with Crippen LogP contribution in [0.2, 0.25) is 0 Å².